The standard InChI is InChI=1S/C17H17BrO4/c1-2-12-11-14(18)5-8-16(12)22-10-9-21-15-6-3-13(4-7-15)17(19)20/h3-8,11H,2,9-10H2,1H3,(H,19,20). The van der Waals surface area contributed by atoms with E-state index in [1.807, 2.05) is 18.2 Å². The molecule has 0 aliphatic rings. The van der Waals surface area contributed by atoms with E-state index >= 15 is 0 Å². The van der Waals surface area contributed by atoms with Crippen molar-refractivity contribution >= 4 is 21.9 Å². The van der Waals surface area contributed by atoms with Crippen LogP contribution in [0.3, 0.4) is 0 Å². The average Bonchev–Trinajstić information content (AvgIpc) is 2.53. The molecule has 0 bridgehead atoms. The van der Waals surface area contributed by atoms with E-state index in [2.05, 4.69) is 22.9 Å². The van der Waals surface area contributed by atoms with Gasteiger partial charge in [-0.15, -0.1) is 0 Å². The number of ether oxygens (including phenoxy) is 2. The van der Waals surface area contributed by atoms with Crippen molar-refractivity contribution in [3.8, 4) is 11.5 Å². The third kappa shape index (κ3) is 4.49. The smallest absolute Gasteiger partial charge is 0.335 e. The highest BCUT2D eigenvalue weighted by Crippen LogP contribution is 2.23. The van der Waals surface area contributed by atoms with Crippen molar-refractivity contribution in [2.24, 2.45) is 0 Å². The van der Waals surface area contributed by atoms with Crippen LogP contribution in [0.25, 0.3) is 0 Å². The van der Waals surface area contributed by atoms with Gasteiger partial charge in [-0.3, -0.25) is 0 Å². The molecule has 116 valence electrons. The van der Waals surface area contributed by atoms with Crippen molar-refractivity contribution in [1.29, 1.82) is 0 Å². The molecule has 0 spiro atoms. The Hall–Kier alpha value is -2.01. The molecule has 0 unspecified atom stereocenters. The summed E-state index contributed by atoms with van der Waals surface area (Å²) < 4.78 is 12.3. The van der Waals surface area contributed by atoms with E-state index in [9.17, 15) is 4.79 Å². The normalized spacial score (nSPS) is 10.3. The molecule has 2 rings (SSSR count). The number of carboxylic acids is 1. The first-order valence-electron chi connectivity index (χ1n) is 6.97. The van der Waals surface area contributed by atoms with Crippen LogP contribution >= 0.6 is 15.9 Å². The lowest BCUT2D eigenvalue weighted by Gasteiger charge is -2.12. The van der Waals surface area contributed by atoms with Gasteiger partial charge in [0.1, 0.15) is 24.7 Å². The van der Waals surface area contributed by atoms with Crippen molar-refractivity contribution in [3.63, 3.8) is 0 Å². The zero-order valence-electron chi connectivity index (χ0n) is 12.2. The van der Waals surface area contributed by atoms with Crippen molar-refractivity contribution in [1.82, 2.24) is 0 Å². The molecular weight excluding hydrogens is 348 g/mol. The lowest BCUT2D eigenvalue weighted by atomic mass is 10.1. The highest BCUT2D eigenvalue weighted by Gasteiger charge is 2.04. The summed E-state index contributed by atoms with van der Waals surface area (Å²) in [5, 5.41) is 8.82. The molecule has 22 heavy (non-hydrogen) atoms. The number of hydrogen-bond donors (Lipinski definition) is 1. The van der Waals surface area contributed by atoms with Crippen molar-refractivity contribution in [2.45, 2.75) is 13.3 Å². The van der Waals surface area contributed by atoms with E-state index in [0.717, 1.165) is 22.2 Å². The maximum Gasteiger partial charge on any atom is 0.335 e. The van der Waals surface area contributed by atoms with E-state index in [1.165, 1.54) is 12.1 Å². The van der Waals surface area contributed by atoms with Gasteiger partial charge in [0.05, 0.1) is 5.56 Å². The van der Waals surface area contributed by atoms with Gasteiger partial charge in [-0.25, -0.2) is 4.79 Å². The molecule has 0 atom stereocenters. The van der Waals surface area contributed by atoms with Crippen LogP contribution in [0.2, 0.25) is 0 Å². The Morgan fingerprint density at radius 2 is 1.77 bits per heavy atom. The average molecular weight is 365 g/mol. The number of carbonyl (C=O) groups is 1. The molecule has 0 aliphatic carbocycles. The molecule has 0 fully saturated rings. The molecule has 0 aromatic heterocycles. The molecule has 0 amide bonds. The Bertz CT molecular complexity index is 638. The van der Waals surface area contributed by atoms with Crippen LogP contribution in [0.1, 0.15) is 22.8 Å². The van der Waals surface area contributed by atoms with Gasteiger partial charge in [0.25, 0.3) is 0 Å². The molecule has 4 nitrogen and oxygen atoms in total. The molecule has 1 N–H and O–H groups in total. The number of halogens is 1. The zero-order chi connectivity index (χ0) is 15.9. The highest BCUT2D eigenvalue weighted by atomic mass is 79.9. The molecule has 0 heterocycles. The van der Waals surface area contributed by atoms with Gasteiger partial charge in [-0.1, -0.05) is 22.9 Å². The molecular formula is C17H17BrO4. The van der Waals surface area contributed by atoms with Crippen LogP contribution in [0.4, 0.5) is 0 Å². The van der Waals surface area contributed by atoms with Crippen LogP contribution in [-0.2, 0) is 6.42 Å². The first kappa shape index (κ1) is 16.4. The number of carboxylic acid groups (broad SMARTS) is 1. The molecule has 2 aromatic rings. The van der Waals surface area contributed by atoms with E-state index in [0.29, 0.717) is 19.0 Å². The summed E-state index contributed by atoms with van der Waals surface area (Å²) in [6, 6.07) is 12.2. The molecule has 0 radical (unpaired) electrons. The van der Waals surface area contributed by atoms with Crippen LogP contribution < -0.4 is 9.47 Å². The lowest BCUT2D eigenvalue weighted by molar-refractivity contribution is 0.0697. The first-order valence-corrected chi connectivity index (χ1v) is 7.77. The third-order valence-corrected chi connectivity index (χ3v) is 3.61. The predicted octanol–water partition coefficient (Wildman–Crippen LogP) is 4.17. The molecule has 0 saturated heterocycles. The van der Waals surface area contributed by atoms with Gasteiger partial charge in [0.2, 0.25) is 0 Å². The summed E-state index contributed by atoms with van der Waals surface area (Å²) >= 11 is 3.44. The Kier molecular flexibility index (Phi) is 5.83. The van der Waals surface area contributed by atoms with Gasteiger partial charge in [-0.05, 0) is 54.4 Å². The van der Waals surface area contributed by atoms with Crippen molar-refractivity contribution in [3.05, 3.63) is 58.1 Å². The van der Waals surface area contributed by atoms with Gasteiger partial charge in [0.15, 0.2) is 0 Å². The fraction of sp³-hybridized carbons (Fsp3) is 0.235. The Labute approximate surface area is 137 Å². The Balaban J connectivity index is 1.83. The van der Waals surface area contributed by atoms with Crippen LogP contribution in [0.15, 0.2) is 46.9 Å². The van der Waals surface area contributed by atoms with E-state index in [-0.39, 0.29) is 5.56 Å². The highest BCUT2D eigenvalue weighted by molar-refractivity contribution is 9.10. The van der Waals surface area contributed by atoms with E-state index in [4.69, 9.17) is 14.6 Å². The van der Waals surface area contributed by atoms with Gasteiger partial charge in [0, 0.05) is 4.47 Å². The molecule has 0 saturated carbocycles. The fourth-order valence-corrected chi connectivity index (χ4v) is 2.38. The second-order valence-electron chi connectivity index (χ2n) is 4.63. The maximum absolute atomic E-state index is 10.7. The summed E-state index contributed by atoms with van der Waals surface area (Å²) in [7, 11) is 0. The van der Waals surface area contributed by atoms with E-state index < -0.39 is 5.97 Å². The van der Waals surface area contributed by atoms with Crippen molar-refractivity contribution in [2.75, 3.05) is 13.2 Å². The quantitative estimate of drug-likeness (QED) is 0.749. The maximum atomic E-state index is 10.7. The first-order chi connectivity index (χ1) is 10.6. The Morgan fingerprint density at radius 1 is 1.09 bits per heavy atom. The second-order valence-corrected chi connectivity index (χ2v) is 5.55. The predicted molar refractivity (Wildman–Crippen MR) is 87.9 cm³/mol. The monoisotopic (exact) mass is 364 g/mol. The van der Waals surface area contributed by atoms with E-state index in [1.54, 1.807) is 12.1 Å². The van der Waals surface area contributed by atoms with Gasteiger partial charge >= 0.3 is 5.97 Å². The number of benzene rings is 2. The zero-order valence-corrected chi connectivity index (χ0v) is 13.8. The third-order valence-electron chi connectivity index (χ3n) is 3.11. The summed E-state index contributed by atoms with van der Waals surface area (Å²) in [6.45, 7) is 2.90. The fourth-order valence-electron chi connectivity index (χ4n) is 1.97. The molecule has 0 aliphatic heterocycles. The number of rotatable bonds is 7. The van der Waals surface area contributed by atoms with Crippen molar-refractivity contribution < 1.29 is 19.4 Å². The number of hydrogen-bond acceptors (Lipinski definition) is 3. The minimum atomic E-state index is -0.947. The lowest BCUT2D eigenvalue weighted by Crippen LogP contribution is -2.10. The number of aryl methyl sites for hydroxylation is 1. The second kappa shape index (κ2) is 7.84. The molecule has 5 heteroatoms. The summed E-state index contributed by atoms with van der Waals surface area (Å²) in [4.78, 5) is 10.7. The largest absolute Gasteiger partial charge is 0.490 e. The summed E-state index contributed by atoms with van der Waals surface area (Å²) in [5.41, 5.74) is 1.38. The van der Waals surface area contributed by atoms with Crippen LogP contribution in [-0.4, -0.2) is 24.3 Å². The topological polar surface area (TPSA) is 55.8 Å². The summed E-state index contributed by atoms with van der Waals surface area (Å²) in [6.07, 6.45) is 0.895. The van der Waals surface area contributed by atoms with Gasteiger partial charge < -0.3 is 14.6 Å². The SMILES string of the molecule is CCc1cc(Br)ccc1OCCOc1ccc(C(=O)O)cc1. The number of aromatic carboxylic acids is 1. The minimum absolute atomic E-state index is 0.242. The van der Waals surface area contributed by atoms with Crippen LogP contribution in [0, 0.1) is 0 Å². The summed E-state index contributed by atoms with van der Waals surface area (Å²) in [5.74, 6) is 0.535. The van der Waals surface area contributed by atoms with Gasteiger partial charge in [-0.2, -0.15) is 0 Å². The van der Waals surface area contributed by atoms with Crippen LogP contribution in [0.5, 0.6) is 11.5 Å². The Morgan fingerprint density at radius 3 is 2.41 bits per heavy atom. The minimum Gasteiger partial charge on any atom is -0.490 e. The molecule has 2 aromatic carbocycles.